The van der Waals surface area contributed by atoms with E-state index in [0.29, 0.717) is 18.1 Å². The van der Waals surface area contributed by atoms with Crippen LogP contribution in [0.15, 0.2) is 12.7 Å². The minimum atomic E-state index is 0.337. The van der Waals surface area contributed by atoms with Gasteiger partial charge in [-0.25, -0.2) is 9.67 Å². The van der Waals surface area contributed by atoms with Gasteiger partial charge in [0.2, 0.25) is 0 Å². The third-order valence-electron chi connectivity index (χ3n) is 2.48. The highest BCUT2D eigenvalue weighted by Crippen LogP contribution is 1.99. The standard InChI is InChI=1S/C11H23N5/c1-9(2)13-5-10(3)14-6-11(4)16-8-12-7-15-16/h7-11,13-14H,5-6H2,1-4H3. The lowest BCUT2D eigenvalue weighted by Gasteiger charge is -2.19. The van der Waals surface area contributed by atoms with Crippen molar-refractivity contribution in [2.24, 2.45) is 0 Å². The lowest BCUT2D eigenvalue weighted by molar-refractivity contribution is 0.406. The Bertz CT molecular complexity index is 270. The largest absolute Gasteiger partial charge is 0.313 e. The molecule has 2 N–H and O–H groups in total. The molecule has 0 radical (unpaired) electrons. The molecular formula is C11H23N5. The summed E-state index contributed by atoms with van der Waals surface area (Å²) in [7, 11) is 0. The Labute approximate surface area is 97.6 Å². The van der Waals surface area contributed by atoms with Gasteiger partial charge in [0.05, 0.1) is 6.04 Å². The second-order valence-electron chi connectivity index (χ2n) is 4.60. The van der Waals surface area contributed by atoms with Crippen LogP contribution in [0, 0.1) is 0 Å². The molecule has 0 aliphatic heterocycles. The van der Waals surface area contributed by atoms with Crippen molar-refractivity contribution >= 4 is 0 Å². The van der Waals surface area contributed by atoms with Crippen molar-refractivity contribution in [3.8, 4) is 0 Å². The Morgan fingerprint density at radius 3 is 2.44 bits per heavy atom. The zero-order chi connectivity index (χ0) is 12.0. The van der Waals surface area contributed by atoms with Crippen LogP contribution in [0.25, 0.3) is 0 Å². The Balaban J connectivity index is 2.19. The predicted octanol–water partition coefficient (Wildman–Crippen LogP) is 0.815. The molecule has 2 unspecified atom stereocenters. The van der Waals surface area contributed by atoms with Crippen LogP contribution in [0.3, 0.4) is 0 Å². The van der Waals surface area contributed by atoms with Crippen molar-refractivity contribution in [3.05, 3.63) is 12.7 Å². The Morgan fingerprint density at radius 1 is 1.12 bits per heavy atom. The molecule has 0 saturated carbocycles. The number of rotatable bonds is 7. The fraction of sp³-hybridized carbons (Fsp3) is 0.818. The molecule has 0 spiro atoms. The number of nitrogens with one attached hydrogen (secondary N) is 2. The summed E-state index contributed by atoms with van der Waals surface area (Å²) in [6.45, 7) is 10.5. The maximum atomic E-state index is 4.12. The van der Waals surface area contributed by atoms with Gasteiger partial charge in [0.25, 0.3) is 0 Å². The maximum Gasteiger partial charge on any atom is 0.137 e. The SMILES string of the molecule is CC(C)NCC(C)NCC(C)n1cncn1. The minimum Gasteiger partial charge on any atom is -0.313 e. The summed E-state index contributed by atoms with van der Waals surface area (Å²) < 4.78 is 1.87. The average Bonchev–Trinajstić information content (AvgIpc) is 2.76. The molecule has 0 amide bonds. The number of hydrogen-bond acceptors (Lipinski definition) is 4. The van der Waals surface area contributed by atoms with Crippen LogP contribution in [-0.4, -0.2) is 39.9 Å². The normalized spacial score (nSPS) is 15.3. The molecule has 0 bridgehead atoms. The van der Waals surface area contributed by atoms with Gasteiger partial charge in [-0.2, -0.15) is 5.10 Å². The van der Waals surface area contributed by atoms with Gasteiger partial charge in [0.15, 0.2) is 0 Å². The first-order valence-corrected chi connectivity index (χ1v) is 5.90. The van der Waals surface area contributed by atoms with Gasteiger partial charge in [-0.1, -0.05) is 13.8 Å². The Morgan fingerprint density at radius 2 is 1.88 bits per heavy atom. The highest BCUT2D eigenvalue weighted by molar-refractivity contribution is 4.71. The summed E-state index contributed by atoms with van der Waals surface area (Å²) >= 11 is 0. The zero-order valence-corrected chi connectivity index (χ0v) is 10.6. The van der Waals surface area contributed by atoms with Gasteiger partial charge < -0.3 is 10.6 Å². The molecule has 2 atom stereocenters. The highest BCUT2D eigenvalue weighted by Gasteiger charge is 2.07. The molecule has 1 aromatic heterocycles. The van der Waals surface area contributed by atoms with Gasteiger partial charge in [0, 0.05) is 25.2 Å². The second kappa shape index (κ2) is 6.60. The molecule has 5 nitrogen and oxygen atoms in total. The maximum absolute atomic E-state index is 4.12. The molecule has 0 saturated heterocycles. The first kappa shape index (κ1) is 13.1. The van der Waals surface area contributed by atoms with E-state index in [9.17, 15) is 0 Å². The smallest absolute Gasteiger partial charge is 0.137 e. The van der Waals surface area contributed by atoms with Crippen LogP contribution < -0.4 is 10.6 Å². The monoisotopic (exact) mass is 225 g/mol. The van der Waals surface area contributed by atoms with E-state index in [0.717, 1.165) is 13.1 Å². The van der Waals surface area contributed by atoms with Crippen LogP contribution in [-0.2, 0) is 0 Å². The molecule has 0 aliphatic carbocycles. The van der Waals surface area contributed by atoms with Crippen molar-refractivity contribution < 1.29 is 0 Å². The summed E-state index contributed by atoms with van der Waals surface area (Å²) in [5, 5.41) is 11.0. The first-order chi connectivity index (χ1) is 7.59. The van der Waals surface area contributed by atoms with E-state index in [-0.39, 0.29) is 0 Å². The van der Waals surface area contributed by atoms with E-state index in [2.05, 4.69) is 48.4 Å². The number of aromatic nitrogens is 3. The predicted molar refractivity (Wildman–Crippen MR) is 65.3 cm³/mol. The summed E-state index contributed by atoms with van der Waals surface area (Å²) in [4.78, 5) is 3.94. The summed E-state index contributed by atoms with van der Waals surface area (Å²) in [5.41, 5.74) is 0. The second-order valence-corrected chi connectivity index (χ2v) is 4.60. The lowest BCUT2D eigenvalue weighted by atomic mass is 10.2. The molecule has 1 rings (SSSR count). The fourth-order valence-electron chi connectivity index (χ4n) is 1.39. The summed E-state index contributed by atoms with van der Waals surface area (Å²) in [6.07, 6.45) is 3.32. The van der Waals surface area contributed by atoms with Crippen LogP contribution in [0.5, 0.6) is 0 Å². The van der Waals surface area contributed by atoms with Gasteiger partial charge in [-0.05, 0) is 13.8 Å². The van der Waals surface area contributed by atoms with Gasteiger partial charge in [-0.15, -0.1) is 0 Å². The van der Waals surface area contributed by atoms with Gasteiger partial charge >= 0.3 is 0 Å². The van der Waals surface area contributed by atoms with Crippen molar-refractivity contribution in [3.63, 3.8) is 0 Å². The van der Waals surface area contributed by atoms with E-state index >= 15 is 0 Å². The van der Waals surface area contributed by atoms with Crippen molar-refractivity contribution in [2.75, 3.05) is 13.1 Å². The Kier molecular flexibility index (Phi) is 5.42. The number of hydrogen-bond donors (Lipinski definition) is 2. The van der Waals surface area contributed by atoms with E-state index in [1.165, 1.54) is 0 Å². The average molecular weight is 225 g/mol. The molecule has 1 heterocycles. The van der Waals surface area contributed by atoms with Crippen molar-refractivity contribution in [2.45, 2.75) is 45.8 Å². The Hall–Kier alpha value is -0.940. The molecule has 0 fully saturated rings. The van der Waals surface area contributed by atoms with E-state index < -0.39 is 0 Å². The van der Waals surface area contributed by atoms with Crippen LogP contribution in [0.2, 0.25) is 0 Å². The molecule has 92 valence electrons. The first-order valence-electron chi connectivity index (χ1n) is 5.90. The lowest BCUT2D eigenvalue weighted by Crippen LogP contribution is -2.40. The molecule has 1 aromatic rings. The quantitative estimate of drug-likeness (QED) is 0.721. The van der Waals surface area contributed by atoms with Crippen LogP contribution in [0.1, 0.15) is 33.7 Å². The minimum absolute atomic E-state index is 0.337. The van der Waals surface area contributed by atoms with Crippen LogP contribution in [0.4, 0.5) is 0 Å². The summed E-state index contributed by atoms with van der Waals surface area (Å²) in [5.74, 6) is 0. The van der Waals surface area contributed by atoms with E-state index in [4.69, 9.17) is 0 Å². The molecule has 5 heteroatoms. The summed E-state index contributed by atoms with van der Waals surface area (Å²) in [6, 6.07) is 1.34. The third kappa shape index (κ3) is 4.72. The van der Waals surface area contributed by atoms with Gasteiger partial charge in [-0.3, -0.25) is 0 Å². The molecule has 16 heavy (non-hydrogen) atoms. The van der Waals surface area contributed by atoms with Crippen LogP contribution >= 0.6 is 0 Å². The fourth-order valence-corrected chi connectivity index (χ4v) is 1.39. The van der Waals surface area contributed by atoms with E-state index in [1.54, 1.807) is 12.7 Å². The molecule has 0 aliphatic rings. The number of nitrogens with zero attached hydrogens (tertiary/aromatic N) is 3. The van der Waals surface area contributed by atoms with Gasteiger partial charge in [0.1, 0.15) is 12.7 Å². The third-order valence-corrected chi connectivity index (χ3v) is 2.48. The topological polar surface area (TPSA) is 54.8 Å². The molecular weight excluding hydrogens is 202 g/mol. The van der Waals surface area contributed by atoms with E-state index in [1.807, 2.05) is 4.68 Å². The molecule has 0 aromatic carbocycles. The highest BCUT2D eigenvalue weighted by atomic mass is 15.3. The van der Waals surface area contributed by atoms with Crippen molar-refractivity contribution in [1.82, 2.24) is 25.4 Å². The van der Waals surface area contributed by atoms with Crippen molar-refractivity contribution in [1.29, 1.82) is 0 Å². The zero-order valence-electron chi connectivity index (χ0n) is 10.6.